The highest BCUT2D eigenvalue weighted by Crippen LogP contribution is 2.30. The van der Waals surface area contributed by atoms with Crippen LogP contribution in [0.2, 0.25) is 0 Å². The van der Waals surface area contributed by atoms with Crippen molar-refractivity contribution >= 4 is 27.5 Å². The van der Waals surface area contributed by atoms with Crippen molar-refractivity contribution in [1.82, 2.24) is 5.32 Å². The SMILES string of the molecule is CS(=O)(=O)Cc1ccc(C(=O)NCc2ccccc2Sc2ccccc2)o1. The maximum Gasteiger partial charge on any atom is 0.287 e. The molecule has 1 amide bonds. The summed E-state index contributed by atoms with van der Waals surface area (Å²) >= 11 is 1.63. The summed E-state index contributed by atoms with van der Waals surface area (Å²) in [6, 6.07) is 20.9. The van der Waals surface area contributed by atoms with E-state index in [0.29, 0.717) is 6.54 Å². The van der Waals surface area contributed by atoms with Gasteiger partial charge in [0, 0.05) is 22.6 Å². The Balaban J connectivity index is 1.66. The molecule has 0 saturated carbocycles. The molecule has 0 aliphatic heterocycles. The molecule has 0 aliphatic carbocycles. The third kappa shape index (κ3) is 5.74. The number of sulfone groups is 1. The molecule has 140 valence electrons. The molecule has 0 fully saturated rings. The van der Waals surface area contributed by atoms with Crippen molar-refractivity contribution in [3.05, 3.63) is 83.8 Å². The van der Waals surface area contributed by atoms with Crippen molar-refractivity contribution in [3.8, 4) is 0 Å². The predicted molar refractivity (Wildman–Crippen MR) is 105 cm³/mol. The summed E-state index contributed by atoms with van der Waals surface area (Å²) in [7, 11) is -3.21. The van der Waals surface area contributed by atoms with Crippen molar-refractivity contribution in [2.24, 2.45) is 0 Å². The zero-order valence-corrected chi connectivity index (χ0v) is 16.3. The van der Waals surface area contributed by atoms with Gasteiger partial charge in [0.15, 0.2) is 15.6 Å². The highest BCUT2D eigenvalue weighted by atomic mass is 32.2. The number of rotatable bonds is 7. The Kier molecular flexibility index (Phi) is 6.03. The van der Waals surface area contributed by atoms with Crippen LogP contribution in [0.1, 0.15) is 21.9 Å². The number of carbonyl (C=O) groups is 1. The van der Waals surface area contributed by atoms with E-state index in [1.54, 1.807) is 11.8 Å². The van der Waals surface area contributed by atoms with Gasteiger partial charge in [-0.2, -0.15) is 0 Å². The number of furan rings is 1. The molecule has 3 aromatic rings. The van der Waals surface area contributed by atoms with Crippen molar-refractivity contribution in [1.29, 1.82) is 0 Å². The van der Waals surface area contributed by atoms with Crippen LogP contribution in [0.3, 0.4) is 0 Å². The third-order valence-corrected chi connectivity index (χ3v) is 5.61. The summed E-state index contributed by atoms with van der Waals surface area (Å²) in [6.07, 6.45) is 1.12. The average Bonchev–Trinajstić information content (AvgIpc) is 3.08. The molecule has 7 heteroatoms. The molecule has 0 radical (unpaired) electrons. The van der Waals surface area contributed by atoms with Crippen LogP contribution in [0.25, 0.3) is 0 Å². The molecule has 1 N–H and O–H groups in total. The van der Waals surface area contributed by atoms with Crippen molar-refractivity contribution < 1.29 is 17.6 Å². The lowest BCUT2D eigenvalue weighted by Gasteiger charge is -2.10. The molecule has 1 aromatic heterocycles. The Morgan fingerprint density at radius 1 is 1.00 bits per heavy atom. The first-order valence-electron chi connectivity index (χ1n) is 8.26. The minimum Gasteiger partial charge on any atom is -0.455 e. The van der Waals surface area contributed by atoms with E-state index in [9.17, 15) is 13.2 Å². The number of hydrogen-bond donors (Lipinski definition) is 1. The third-order valence-electron chi connectivity index (χ3n) is 3.67. The normalized spacial score (nSPS) is 11.3. The second-order valence-electron chi connectivity index (χ2n) is 6.04. The molecule has 0 unspecified atom stereocenters. The monoisotopic (exact) mass is 401 g/mol. The molecule has 3 rings (SSSR count). The molecule has 2 aromatic carbocycles. The smallest absolute Gasteiger partial charge is 0.287 e. The van der Waals surface area contributed by atoms with Crippen LogP contribution < -0.4 is 5.32 Å². The van der Waals surface area contributed by atoms with Gasteiger partial charge in [-0.25, -0.2) is 8.42 Å². The highest BCUT2D eigenvalue weighted by molar-refractivity contribution is 7.99. The number of amides is 1. The van der Waals surface area contributed by atoms with E-state index in [0.717, 1.165) is 21.6 Å². The maximum absolute atomic E-state index is 12.3. The fraction of sp³-hybridized carbons (Fsp3) is 0.150. The minimum absolute atomic E-state index is 0.0989. The fourth-order valence-electron chi connectivity index (χ4n) is 2.46. The lowest BCUT2D eigenvalue weighted by Crippen LogP contribution is -2.22. The van der Waals surface area contributed by atoms with Gasteiger partial charge >= 0.3 is 0 Å². The van der Waals surface area contributed by atoms with Gasteiger partial charge < -0.3 is 9.73 Å². The first-order chi connectivity index (χ1) is 12.9. The Morgan fingerprint density at radius 2 is 1.70 bits per heavy atom. The van der Waals surface area contributed by atoms with Crippen molar-refractivity contribution in [3.63, 3.8) is 0 Å². The van der Waals surface area contributed by atoms with Crippen molar-refractivity contribution in [2.45, 2.75) is 22.1 Å². The van der Waals surface area contributed by atoms with E-state index >= 15 is 0 Å². The van der Waals surface area contributed by atoms with E-state index in [-0.39, 0.29) is 23.2 Å². The molecule has 0 spiro atoms. The summed E-state index contributed by atoms with van der Waals surface area (Å²) in [5, 5.41) is 2.82. The Labute approximate surface area is 162 Å². The molecule has 0 saturated heterocycles. The molecule has 0 bridgehead atoms. The van der Waals surface area contributed by atoms with E-state index in [1.807, 2.05) is 54.6 Å². The summed E-state index contributed by atoms with van der Waals surface area (Å²) in [5.41, 5.74) is 0.989. The molecule has 1 heterocycles. The van der Waals surface area contributed by atoms with Crippen LogP contribution in [0.5, 0.6) is 0 Å². The largest absolute Gasteiger partial charge is 0.455 e. The van der Waals surface area contributed by atoms with E-state index in [2.05, 4.69) is 5.32 Å². The van der Waals surface area contributed by atoms with Crippen LogP contribution >= 0.6 is 11.8 Å². The summed E-state index contributed by atoms with van der Waals surface area (Å²) in [5.74, 6) is -0.254. The molecule has 0 aliphatic rings. The van der Waals surface area contributed by atoms with Gasteiger partial charge in [0.1, 0.15) is 11.5 Å². The van der Waals surface area contributed by atoms with Crippen molar-refractivity contribution in [2.75, 3.05) is 6.26 Å². The number of benzene rings is 2. The summed E-state index contributed by atoms with van der Waals surface area (Å²) < 4.78 is 28.0. The van der Waals surface area contributed by atoms with Crippen LogP contribution in [-0.4, -0.2) is 20.6 Å². The fourth-order valence-corrected chi connectivity index (χ4v) is 4.10. The zero-order valence-electron chi connectivity index (χ0n) is 14.7. The van der Waals surface area contributed by atoms with E-state index in [1.165, 1.54) is 12.1 Å². The minimum atomic E-state index is -3.21. The van der Waals surface area contributed by atoms with Crippen LogP contribution in [0, 0.1) is 0 Å². The highest BCUT2D eigenvalue weighted by Gasteiger charge is 2.14. The van der Waals surface area contributed by atoms with Gasteiger partial charge in [-0.1, -0.05) is 48.2 Å². The molecule has 27 heavy (non-hydrogen) atoms. The Bertz CT molecular complexity index is 1030. The second-order valence-corrected chi connectivity index (χ2v) is 9.30. The number of carbonyl (C=O) groups excluding carboxylic acids is 1. The van der Waals surface area contributed by atoms with E-state index in [4.69, 9.17) is 4.42 Å². The molecule has 0 atom stereocenters. The van der Waals surface area contributed by atoms with Crippen LogP contribution in [-0.2, 0) is 22.1 Å². The maximum atomic E-state index is 12.3. The topological polar surface area (TPSA) is 76.4 Å². The van der Waals surface area contributed by atoms with Gasteiger partial charge in [-0.05, 0) is 35.9 Å². The predicted octanol–water partition coefficient (Wildman–Crippen LogP) is 3.91. The van der Waals surface area contributed by atoms with Gasteiger partial charge in [0.05, 0.1) is 0 Å². The van der Waals surface area contributed by atoms with Gasteiger partial charge in [0.25, 0.3) is 5.91 Å². The first kappa shape index (κ1) is 19.3. The van der Waals surface area contributed by atoms with Gasteiger partial charge in [-0.3, -0.25) is 4.79 Å². The number of hydrogen-bond acceptors (Lipinski definition) is 5. The van der Waals surface area contributed by atoms with Gasteiger partial charge in [-0.15, -0.1) is 0 Å². The lowest BCUT2D eigenvalue weighted by molar-refractivity contribution is 0.0921. The first-order valence-corrected chi connectivity index (χ1v) is 11.1. The van der Waals surface area contributed by atoms with E-state index < -0.39 is 9.84 Å². The summed E-state index contributed by atoms with van der Waals surface area (Å²) in [4.78, 5) is 14.5. The van der Waals surface area contributed by atoms with Gasteiger partial charge in [0.2, 0.25) is 0 Å². The number of nitrogens with one attached hydrogen (secondary N) is 1. The lowest BCUT2D eigenvalue weighted by atomic mass is 10.2. The molecular weight excluding hydrogens is 382 g/mol. The standard InChI is InChI=1S/C20H19NO4S2/c1-27(23,24)14-16-11-12-18(25-16)20(22)21-13-15-7-5-6-10-19(15)26-17-8-3-2-4-9-17/h2-12H,13-14H2,1H3,(H,21,22). The quantitative estimate of drug-likeness (QED) is 0.650. The van der Waals surface area contributed by atoms with Crippen LogP contribution in [0.15, 0.2) is 80.9 Å². The Morgan fingerprint density at radius 3 is 2.44 bits per heavy atom. The zero-order chi connectivity index (χ0) is 19.3. The van der Waals surface area contributed by atoms with Crippen LogP contribution in [0.4, 0.5) is 0 Å². The summed E-state index contributed by atoms with van der Waals surface area (Å²) in [6.45, 7) is 0.344. The second kappa shape index (κ2) is 8.45. The Hall–Kier alpha value is -2.51. The molecule has 5 nitrogen and oxygen atoms in total. The molecular formula is C20H19NO4S2. The average molecular weight is 402 g/mol.